The first-order chi connectivity index (χ1) is 8.18. The van der Waals surface area contributed by atoms with Gasteiger partial charge in [0.15, 0.2) is 0 Å². The average Bonchev–Trinajstić information content (AvgIpc) is 2.88. The molecule has 1 aliphatic rings. The Labute approximate surface area is 96.1 Å². The molecule has 2 aromatic heterocycles. The third-order valence-corrected chi connectivity index (χ3v) is 2.91. The summed E-state index contributed by atoms with van der Waals surface area (Å²) in [7, 11) is 1.78. The van der Waals surface area contributed by atoms with Gasteiger partial charge < -0.3 is 0 Å². The molecule has 2 heterocycles. The van der Waals surface area contributed by atoms with Gasteiger partial charge in [-0.2, -0.15) is 9.78 Å². The lowest BCUT2D eigenvalue weighted by Crippen LogP contribution is -2.09. The summed E-state index contributed by atoms with van der Waals surface area (Å²) in [6.45, 7) is 0. The molecule has 1 aliphatic carbocycles. The number of aromatic nitrogens is 5. The Morgan fingerprint density at radius 1 is 1.35 bits per heavy atom. The van der Waals surface area contributed by atoms with E-state index in [1.165, 1.54) is 12.3 Å². The van der Waals surface area contributed by atoms with Gasteiger partial charge in [0.1, 0.15) is 11.5 Å². The molecule has 5 nitrogen and oxygen atoms in total. The summed E-state index contributed by atoms with van der Waals surface area (Å²) in [5, 5.41) is 11.9. The minimum Gasteiger partial charge on any atom is -0.298 e. The van der Waals surface area contributed by atoms with Crippen LogP contribution in [0.2, 0.25) is 0 Å². The van der Waals surface area contributed by atoms with Crippen molar-refractivity contribution in [3.05, 3.63) is 23.8 Å². The maximum Gasteiger partial charge on any atom is 0.280 e. The molecule has 0 amide bonds. The molecule has 2 aromatic rings. The highest BCUT2D eigenvalue weighted by atomic mass is 19.3. The summed E-state index contributed by atoms with van der Waals surface area (Å²) in [4.78, 5) is 0. The molecular weight excluding hydrogens is 228 g/mol. The summed E-state index contributed by atoms with van der Waals surface area (Å²) in [6.07, 6.45) is 0.950. The second-order valence-electron chi connectivity index (χ2n) is 4.16. The molecule has 0 radical (unpaired) electrons. The van der Waals surface area contributed by atoms with Crippen LogP contribution in [0.25, 0.3) is 5.95 Å². The van der Waals surface area contributed by atoms with E-state index in [0.29, 0.717) is 11.9 Å². The number of nitrogens with zero attached hydrogens (tertiary/aromatic N) is 5. The van der Waals surface area contributed by atoms with Crippen molar-refractivity contribution in [2.45, 2.75) is 25.2 Å². The molecule has 0 N–H and O–H groups in total. The average molecular weight is 239 g/mol. The zero-order chi connectivity index (χ0) is 12.0. The zero-order valence-corrected chi connectivity index (χ0v) is 9.22. The van der Waals surface area contributed by atoms with Crippen LogP contribution in [-0.2, 0) is 7.05 Å². The fraction of sp³-hybridized carbons (Fsp3) is 0.500. The lowest BCUT2D eigenvalue weighted by molar-refractivity contribution is 0.142. The van der Waals surface area contributed by atoms with Crippen molar-refractivity contribution >= 4 is 0 Å². The van der Waals surface area contributed by atoms with E-state index in [-0.39, 0.29) is 5.69 Å². The molecule has 7 heteroatoms. The minimum absolute atomic E-state index is 0.164. The molecule has 90 valence electrons. The maximum absolute atomic E-state index is 12.7. The molecular formula is C10H11F2N5. The van der Waals surface area contributed by atoms with Crippen molar-refractivity contribution in [1.82, 2.24) is 24.5 Å². The Morgan fingerprint density at radius 3 is 2.76 bits per heavy atom. The van der Waals surface area contributed by atoms with Gasteiger partial charge in [-0.05, 0) is 18.9 Å². The predicted octanol–water partition coefficient (Wildman–Crippen LogP) is 1.82. The first-order valence-electron chi connectivity index (χ1n) is 5.40. The van der Waals surface area contributed by atoms with Gasteiger partial charge in [0.2, 0.25) is 0 Å². The van der Waals surface area contributed by atoms with E-state index in [0.717, 1.165) is 23.3 Å². The smallest absolute Gasteiger partial charge is 0.280 e. The van der Waals surface area contributed by atoms with Crippen LogP contribution in [0.5, 0.6) is 0 Å². The Morgan fingerprint density at radius 2 is 2.12 bits per heavy atom. The molecule has 0 unspecified atom stereocenters. The first kappa shape index (κ1) is 10.4. The van der Waals surface area contributed by atoms with Crippen LogP contribution in [0.1, 0.15) is 36.7 Å². The number of hydrogen-bond donors (Lipinski definition) is 0. The summed E-state index contributed by atoms with van der Waals surface area (Å²) in [6, 6.07) is 1.29. The molecule has 1 fully saturated rings. The van der Waals surface area contributed by atoms with Crippen molar-refractivity contribution in [3.8, 4) is 5.95 Å². The van der Waals surface area contributed by atoms with E-state index < -0.39 is 6.43 Å². The minimum atomic E-state index is -2.57. The van der Waals surface area contributed by atoms with Gasteiger partial charge in [0, 0.05) is 19.2 Å². The van der Waals surface area contributed by atoms with Crippen molar-refractivity contribution in [2.75, 3.05) is 0 Å². The van der Waals surface area contributed by atoms with E-state index in [4.69, 9.17) is 0 Å². The second kappa shape index (κ2) is 3.61. The van der Waals surface area contributed by atoms with Gasteiger partial charge in [0.05, 0.1) is 0 Å². The molecule has 3 rings (SSSR count). The molecule has 0 aliphatic heterocycles. The lowest BCUT2D eigenvalue weighted by atomic mass is 10.4. The largest absolute Gasteiger partial charge is 0.298 e. The Kier molecular flexibility index (Phi) is 2.20. The van der Waals surface area contributed by atoms with Gasteiger partial charge in [-0.15, -0.1) is 10.2 Å². The van der Waals surface area contributed by atoms with Crippen LogP contribution in [0.3, 0.4) is 0 Å². The molecule has 17 heavy (non-hydrogen) atoms. The molecule has 0 bridgehead atoms. The molecule has 0 aromatic carbocycles. The lowest BCUT2D eigenvalue weighted by Gasteiger charge is -2.06. The van der Waals surface area contributed by atoms with E-state index in [1.807, 2.05) is 0 Å². The van der Waals surface area contributed by atoms with Crippen LogP contribution in [0.15, 0.2) is 12.3 Å². The maximum atomic E-state index is 12.7. The van der Waals surface area contributed by atoms with Crippen LogP contribution in [-0.4, -0.2) is 24.5 Å². The third kappa shape index (κ3) is 1.62. The Balaban J connectivity index is 2.05. The highest BCUT2D eigenvalue weighted by Gasteiger charge is 2.30. The topological polar surface area (TPSA) is 48.5 Å². The Bertz CT molecular complexity index is 541. The van der Waals surface area contributed by atoms with Gasteiger partial charge in [-0.1, -0.05) is 0 Å². The summed E-state index contributed by atoms with van der Waals surface area (Å²) >= 11 is 0. The second-order valence-corrected chi connectivity index (χ2v) is 4.16. The summed E-state index contributed by atoms with van der Waals surface area (Å²) in [5.74, 6) is 1.61. The summed E-state index contributed by atoms with van der Waals surface area (Å²) in [5.41, 5.74) is -0.164. The molecule has 0 spiro atoms. The van der Waals surface area contributed by atoms with Crippen molar-refractivity contribution < 1.29 is 8.78 Å². The normalized spacial score (nSPS) is 15.8. The van der Waals surface area contributed by atoms with Crippen molar-refractivity contribution in [2.24, 2.45) is 7.05 Å². The van der Waals surface area contributed by atoms with Gasteiger partial charge in [0.25, 0.3) is 12.4 Å². The zero-order valence-electron chi connectivity index (χ0n) is 9.22. The SMILES string of the molecule is Cn1c(C2CC2)nnc1-n1nccc1C(F)F. The van der Waals surface area contributed by atoms with Gasteiger partial charge in [-0.3, -0.25) is 4.57 Å². The van der Waals surface area contributed by atoms with Crippen LogP contribution in [0, 0.1) is 0 Å². The quantitative estimate of drug-likeness (QED) is 0.820. The van der Waals surface area contributed by atoms with E-state index in [2.05, 4.69) is 15.3 Å². The van der Waals surface area contributed by atoms with Crippen LogP contribution >= 0.6 is 0 Å². The molecule has 0 saturated heterocycles. The van der Waals surface area contributed by atoms with Gasteiger partial charge in [-0.25, -0.2) is 8.78 Å². The van der Waals surface area contributed by atoms with Crippen LogP contribution in [0.4, 0.5) is 8.78 Å². The standard InChI is InChI=1S/C10H11F2N5/c1-16-9(6-2-3-6)14-15-10(16)17-7(8(11)12)4-5-13-17/h4-6,8H,2-3H2,1H3. The number of halogens is 2. The molecule has 1 saturated carbocycles. The number of hydrogen-bond acceptors (Lipinski definition) is 3. The van der Waals surface area contributed by atoms with Crippen molar-refractivity contribution in [3.63, 3.8) is 0 Å². The number of rotatable bonds is 3. The third-order valence-electron chi connectivity index (χ3n) is 2.91. The number of alkyl halides is 2. The van der Waals surface area contributed by atoms with E-state index >= 15 is 0 Å². The fourth-order valence-electron chi connectivity index (χ4n) is 1.86. The Hall–Kier alpha value is -1.79. The summed E-state index contributed by atoms with van der Waals surface area (Å²) < 4.78 is 28.4. The molecule has 0 atom stereocenters. The highest BCUT2D eigenvalue weighted by Crippen LogP contribution is 2.39. The van der Waals surface area contributed by atoms with Gasteiger partial charge >= 0.3 is 0 Å². The monoisotopic (exact) mass is 239 g/mol. The van der Waals surface area contributed by atoms with Crippen molar-refractivity contribution in [1.29, 1.82) is 0 Å². The first-order valence-corrected chi connectivity index (χ1v) is 5.40. The highest BCUT2D eigenvalue weighted by molar-refractivity contribution is 5.20. The fourth-order valence-corrected chi connectivity index (χ4v) is 1.86. The van der Waals surface area contributed by atoms with Crippen LogP contribution < -0.4 is 0 Å². The van der Waals surface area contributed by atoms with E-state index in [9.17, 15) is 8.78 Å². The van der Waals surface area contributed by atoms with E-state index in [1.54, 1.807) is 11.6 Å². The predicted molar refractivity (Wildman–Crippen MR) is 55.1 cm³/mol.